The second kappa shape index (κ2) is 3.73. The summed E-state index contributed by atoms with van der Waals surface area (Å²) in [6.07, 6.45) is 3.51. The number of amides is 1. The Labute approximate surface area is 124 Å². The summed E-state index contributed by atoms with van der Waals surface area (Å²) in [5.74, 6) is -0.367. The van der Waals surface area contributed by atoms with E-state index in [0.717, 1.165) is 18.4 Å². The summed E-state index contributed by atoms with van der Waals surface area (Å²) >= 11 is 3.24. The lowest BCUT2D eigenvalue weighted by molar-refractivity contribution is 0.0705. The molecule has 2 aliphatic rings. The largest absolute Gasteiger partial charge is 0.331 e. The van der Waals surface area contributed by atoms with E-state index in [4.69, 9.17) is 0 Å². The lowest BCUT2D eigenvalue weighted by atomic mass is 10.0. The van der Waals surface area contributed by atoms with Gasteiger partial charge in [0.05, 0.1) is 15.7 Å². The van der Waals surface area contributed by atoms with Crippen LogP contribution in [0.2, 0.25) is 0 Å². The van der Waals surface area contributed by atoms with Crippen molar-refractivity contribution in [2.75, 3.05) is 7.05 Å². The predicted molar refractivity (Wildman–Crippen MR) is 76.4 cm³/mol. The van der Waals surface area contributed by atoms with Gasteiger partial charge in [-0.3, -0.25) is 4.79 Å². The van der Waals surface area contributed by atoms with E-state index in [1.165, 1.54) is 0 Å². The summed E-state index contributed by atoms with van der Waals surface area (Å²) in [6.45, 7) is 0. The number of carbonyl (C=O) groups excluding carboxylic acids is 1. The van der Waals surface area contributed by atoms with Gasteiger partial charge in [-0.05, 0) is 47.0 Å². The first-order chi connectivity index (χ1) is 9.56. The average molecular weight is 335 g/mol. The highest BCUT2D eigenvalue weighted by atomic mass is 79.9. The molecule has 1 fully saturated rings. The molecule has 1 spiro atoms. The van der Waals surface area contributed by atoms with Crippen molar-refractivity contribution in [3.8, 4) is 5.69 Å². The van der Waals surface area contributed by atoms with Crippen LogP contribution in [0.1, 0.15) is 28.9 Å². The highest BCUT2D eigenvalue weighted by molar-refractivity contribution is 9.10. The molecule has 1 aliphatic carbocycles. The molecule has 1 aromatic carbocycles. The summed E-state index contributed by atoms with van der Waals surface area (Å²) in [4.78, 5) is 14.4. The lowest BCUT2D eigenvalue weighted by Gasteiger charge is -2.27. The van der Waals surface area contributed by atoms with Crippen molar-refractivity contribution < 1.29 is 9.18 Å². The maximum absolute atomic E-state index is 14.6. The fourth-order valence-electron chi connectivity index (χ4n) is 3.17. The third kappa shape index (κ3) is 1.31. The smallest absolute Gasteiger partial charge is 0.271 e. The lowest BCUT2D eigenvalue weighted by Crippen LogP contribution is -2.36. The fourth-order valence-corrected chi connectivity index (χ4v) is 3.49. The van der Waals surface area contributed by atoms with E-state index >= 15 is 0 Å². The minimum atomic E-state index is -0.340. The number of nitrogens with zero attached hydrogens (tertiary/aromatic N) is 2. The first kappa shape index (κ1) is 12.1. The highest BCUT2D eigenvalue weighted by Gasteiger charge is 2.53. The van der Waals surface area contributed by atoms with Crippen LogP contribution in [0.4, 0.5) is 4.39 Å². The predicted octanol–water partition coefficient (Wildman–Crippen LogP) is 3.45. The second-order valence-corrected chi connectivity index (χ2v) is 6.27. The molecule has 0 radical (unpaired) electrons. The first-order valence-electron chi connectivity index (χ1n) is 6.51. The molecule has 0 N–H and O–H groups in total. The number of rotatable bonds is 0. The molecule has 0 bridgehead atoms. The third-order valence-corrected chi connectivity index (χ3v) is 5.06. The van der Waals surface area contributed by atoms with E-state index in [9.17, 15) is 9.18 Å². The van der Waals surface area contributed by atoms with Crippen LogP contribution in [0.15, 0.2) is 34.9 Å². The standard InChI is InChI=1S/C15H12BrFN2O/c1-18-14(20)11-3-2-8-19(11)13-9(15(18)6-7-15)4-5-10(16)12(13)17/h2-5,8H,6-7H2,1H3. The van der Waals surface area contributed by atoms with Gasteiger partial charge in [0.25, 0.3) is 5.91 Å². The van der Waals surface area contributed by atoms with Crippen molar-refractivity contribution in [2.24, 2.45) is 0 Å². The van der Waals surface area contributed by atoms with Gasteiger partial charge in [0.15, 0.2) is 5.82 Å². The zero-order valence-electron chi connectivity index (χ0n) is 10.9. The number of benzene rings is 1. The Morgan fingerprint density at radius 2 is 2.05 bits per heavy atom. The monoisotopic (exact) mass is 334 g/mol. The van der Waals surface area contributed by atoms with Crippen molar-refractivity contribution in [2.45, 2.75) is 18.4 Å². The summed E-state index contributed by atoms with van der Waals surface area (Å²) in [5, 5.41) is 0. The van der Waals surface area contributed by atoms with Crippen LogP contribution >= 0.6 is 15.9 Å². The summed E-state index contributed by atoms with van der Waals surface area (Å²) < 4.78 is 16.7. The number of carbonyl (C=O) groups is 1. The molecule has 0 saturated heterocycles. The Bertz CT molecular complexity index is 748. The fraction of sp³-hybridized carbons (Fsp3) is 0.267. The zero-order chi connectivity index (χ0) is 14.1. The molecular weight excluding hydrogens is 323 g/mol. The molecule has 2 heterocycles. The summed E-state index contributed by atoms with van der Waals surface area (Å²) in [6, 6.07) is 7.16. The van der Waals surface area contributed by atoms with Gasteiger partial charge in [0.2, 0.25) is 0 Å². The topological polar surface area (TPSA) is 25.2 Å². The minimum Gasteiger partial charge on any atom is -0.331 e. The van der Waals surface area contributed by atoms with E-state index in [2.05, 4.69) is 15.9 Å². The van der Waals surface area contributed by atoms with Crippen molar-refractivity contribution in [3.63, 3.8) is 0 Å². The van der Waals surface area contributed by atoms with Gasteiger partial charge in [-0.1, -0.05) is 6.07 Å². The van der Waals surface area contributed by atoms with Crippen LogP contribution in [0.3, 0.4) is 0 Å². The van der Waals surface area contributed by atoms with E-state index in [-0.39, 0.29) is 17.3 Å². The number of hydrogen-bond acceptors (Lipinski definition) is 1. The molecule has 1 amide bonds. The van der Waals surface area contributed by atoms with E-state index < -0.39 is 0 Å². The molecule has 102 valence electrons. The van der Waals surface area contributed by atoms with Crippen molar-refractivity contribution in [1.82, 2.24) is 9.47 Å². The summed E-state index contributed by atoms with van der Waals surface area (Å²) in [7, 11) is 1.81. The van der Waals surface area contributed by atoms with Crippen LogP contribution < -0.4 is 0 Å². The highest BCUT2D eigenvalue weighted by Crippen LogP contribution is 2.54. The van der Waals surface area contributed by atoms with Crippen LogP contribution in [0.25, 0.3) is 5.69 Å². The van der Waals surface area contributed by atoms with Gasteiger partial charge >= 0.3 is 0 Å². The molecule has 1 aliphatic heterocycles. The Morgan fingerprint density at radius 1 is 1.30 bits per heavy atom. The molecule has 1 aromatic heterocycles. The van der Waals surface area contributed by atoms with Crippen LogP contribution in [0, 0.1) is 5.82 Å². The molecule has 1 saturated carbocycles. The normalized spacial score (nSPS) is 18.8. The number of aromatic nitrogens is 1. The average Bonchev–Trinajstić information content (AvgIpc) is 3.11. The number of hydrogen-bond donors (Lipinski definition) is 0. The maximum atomic E-state index is 14.6. The number of halogens is 2. The van der Waals surface area contributed by atoms with Crippen molar-refractivity contribution in [3.05, 3.63) is 52.0 Å². The van der Waals surface area contributed by atoms with Gasteiger partial charge in [0, 0.05) is 18.8 Å². The first-order valence-corrected chi connectivity index (χ1v) is 7.30. The van der Waals surface area contributed by atoms with Crippen molar-refractivity contribution in [1.29, 1.82) is 0 Å². The Kier molecular flexibility index (Phi) is 2.26. The molecule has 0 unspecified atom stereocenters. The second-order valence-electron chi connectivity index (χ2n) is 5.42. The minimum absolute atomic E-state index is 0.0563. The van der Waals surface area contributed by atoms with Crippen LogP contribution in [0.5, 0.6) is 0 Å². The molecule has 0 atom stereocenters. The van der Waals surface area contributed by atoms with E-state index in [0.29, 0.717) is 15.9 Å². The van der Waals surface area contributed by atoms with Gasteiger partial charge in [-0.2, -0.15) is 0 Å². The maximum Gasteiger partial charge on any atom is 0.271 e. The van der Waals surface area contributed by atoms with Gasteiger partial charge in [-0.15, -0.1) is 0 Å². The molecule has 20 heavy (non-hydrogen) atoms. The molecule has 2 aromatic rings. The van der Waals surface area contributed by atoms with E-state index in [1.807, 2.05) is 13.1 Å². The van der Waals surface area contributed by atoms with Crippen LogP contribution in [-0.2, 0) is 5.54 Å². The Balaban J connectivity index is 2.13. The third-order valence-electron chi connectivity index (χ3n) is 4.45. The Hall–Kier alpha value is -1.62. The van der Waals surface area contributed by atoms with Crippen LogP contribution in [-0.4, -0.2) is 22.4 Å². The molecule has 4 rings (SSSR count). The number of fused-ring (bicyclic) bond motifs is 4. The Morgan fingerprint density at radius 3 is 2.75 bits per heavy atom. The van der Waals surface area contributed by atoms with Gasteiger partial charge < -0.3 is 9.47 Å². The van der Waals surface area contributed by atoms with E-state index in [1.54, 1.807) is 33.9 Å². The summed E-state index contributed by atoms with van der Waals surface area (Å²) in [5.41, 5.74) is 1.56. The van der Waals surface area contributed by atoms with Crippen molar-refractivity contribution >= 4 is 21.8 Å². The quantitative estimate of drug-likeness (QED) is 0.724. The molecular formula is C15H12BrFN2O. The SMILES string of the molecule is CN1C(=O)c2cccn2-c2c(ccc(Br)c2F)C12CC2. The molecule has 5 heteroatoms. The van der Waals surface area contributed by atoms with Gasteiger partial charge in [0.1, 0.15) is 5.69 Å². The zero-order valence-corrected chi connectivity index (χ0v) is 12.4. The van der Waals surface area contributed by atoms with Gasteiger partial charge in [-0.25, -0.2) is 4.39 Å². The molecule has 3 nitrogen and oxygen atoms in total.